The highest BCUT2D eigenvalue weighted by atomic mass is 19.1. The molecule has 0 unspecified atom stereocenters. The maximum atomic E-state index is 13.4. The van der Waals surface area contributed by atoms with Crippen molar-refractivity contribution in [3.63, 3.8) is 0 Å². The Balaban J connectivity index is 0.000000430. The van der Waals surface area contributed by atoms with Crippen molar-refractivity contribution in [3.05, 3.63) is 58.7 Å². The van der Waals surface area contributed by atoms with Crippen molar-refractivity contribution in [2.75, 3.05) is 20.8 Å². The molecular formula is C24H35FN6O3. The second kappa shape index (κ2) is 13.5. The highest BCUT2D eigenvalue weighted by Gasteiger charge is 2.13. The molecule has 0 bridgehead atoms. The van der Waals surface area contributed by atoms with Crippen LogP contribution in [0.3, 0.4) is 0 Å². The Labute approximate surface area is 200 Å². The van der Waals surface area contributed by atoms with Gasteiger partial charge in [-0.1, -0.05) is 25.3 Å². The van der Waals surface area contributed by atoms with Crippen LogP contribution in [0.15, 0.2) is 35.4 Å². The summed E-state index contributed by atoms with van der Waals surface area (Å²) in [7, 11) is 2.91. The van der Waals surface area contributed by atoms with Crippen molar-refractivity contribution < 1.29 is 19.0 Å². The predicted octanol–water partition coefficient (Wildman–Crippen LogP) is 2.45. The molecule has 1 aliphatic rings. The minimum Gasteiger partial charge on any atom is -0.494 e. The maximum Gasteiger partial charge on any atom is 0.270 e. The van der Waals surface area contributed by atoms with Crippen molar-refractivity contribution >= 4 is 11.7 Å². The van der Waals surface area contributed by atoms with Gasteiger partial charge in [-0.2, -0.15) is 0 Å². The monoisotopic (exact) mass is 474 g/mol. The van der Waals surface area contributed by atoms with E-state index in [1.165, 1.54) is 64.5 Å². The summed E-state index contributed by atoms with van der Waals surface area (Å²) in [5.74, 6) is 5.51. The van der Waals surface area contributed by atoms with Gasteiger partial charge >= 0.3 is 0 Å². The molecular weight excluding hydrogens is 439 g/mol. The normalized spacial score (nSPS) is 14.1. The van der Waals surface area contributed by atoms with Crippen molar-refractivity contribution in [1.82, 2.24) is 15.4 Å². The molecule has 0 atom stereocenters. The molecule has 3 rings (SSSR count). The number of aliphatic hydroxyl groups excluding tert-OH is 1. The second-order valence-electron chi connectivity index (χ2n) is 8.28. The molecule has 6 N–H and O–H groups in total. The molecule has 1 heterocycles. The fraction of sp³-hybridized carbons (Fsp3) is 0.458. The molecule has 1 aromatic carbocycles. The van der Waals surface area contributed by atoms with Gasteiger partial charge in [0.05, 0.1) is 7.11 Å². The van der Waals surface area contributed by atoms with Crippen LogP contribution >= 0.6 is 0 Å². The van der Waals surface area contributed by atoms with Gasteiger partial charge < -0.3 is 20.9 Å². The Morgan fingerprint density at radius 3 is 2.59 bits per heavy atom. The number of methoxy groups -OCH3 is 1. The molecule has 1 amide bonds. The van der Waals surface area contributed by atoms with Crippen molar-refractivity contribution in [1.29, 1.82) is 0 Å². The molecule has 0 aliphatic heterocycles. The van der Waals surface area contributed by atoms with Crippen LogP contribution < -0.4 is 21.6 Å². The first-order valence-corrected chi connectivity index (χ1v) is 11.3. The van der Waals surface area contributed by atoms with E-state index < -0.39 is 11.7 Å². The van der Waals surface area contributed by atoms with E-state index in [1.807, 2.05) is 0 Å². The van der Waals surface area contributed by atoms with E-state index in [1.54, 1.807) is 19.1 Å². The summed E-state index contributed by atoms with van der Waals surface area (Å²) in [4.78, 5) is 16.6. The first-order valence-electron chi connectivity index (χ1n) is 11.3. The number of rotatable bonds is 7. The van der Waals surface area contributed by atoms with E-state index in [0.29, 0.717) is 29.3 Å². The van der Waals surface area contributed by atoms with E-state index in [0.717, 1.165) is 5.12 Å². The third-order valence-electron chi connectivity index (χ3n) is 5.40. The third kappa shape index (κ3) is 8.60. The summed E-state index contributed by atoms with van der Waals surface area (Å²) in [6, 6.07) is 7.59. The number of nitrogens with zero attached hydrogens (tertiary/aromatic N) is 3. The number of benzene rings is 1. The van der Waals surface area contributed by atoms with Crippen LogP contribution in [0.5, 0.6) is 5.75 Å². The number of aromatic nitrogens is 1. The average molecular weight is 475 g/mol. The summed E-state index contributed by atoms with van der Waals surface area (Å²) in [5, 5.41) is 16.4. The summed E-state index contributed by atoms with van der Waals surface area (Å²) in [5.41, 5.74) is 7.88. The first-order chi connectivity index (χ1) is 16.2. The number of hydrazine groups is 1. The highest BCUT2D eigenvalue weighted by molar-refractivity contribution is 6.00. The van der Waals surface area contributed by atoms with Crippen LogP contribution in [0.25, 0.3) is 0 Å². The van der Waals surface area contributed by atoms with E-state index in [9.17, 15) is 9.18 Å². The number of hydrogen-bond acceptors (Lipinski definition) is 7. The van der Waals surface area contributed by atoms with E-state index in [-0.39, 0.29) is 23.8 Å². The number of halogens is 1. The van der Waals surface area contributed by atoms with Crippen molar-refractivity contribution in [2.45, 2.75) is 45.6 Å². The van der Waals surface area contributed by atoms with Crippen molar-refractivity contribution in [3.8, 4) is 5.75 Å². The number of pyridine rings is 1. The molecule has 1 fully saturated rings. The predicted molar refractivity (Wildman–Crippen MR) is 129 cm³/mol. The number of hydrazone groups is 1. The second-order valence-corrected chi connectivity index (χ2v) is 8.28. The average Bonchev–Trinajstić information content (AvgIpc) is 2.83. The summed E-state index contributed by atoms with van der Waals surface area (Å²) in [6.07, 6.45) is 6.58. The Hall–Kier alpha value is -3.24. The van der Waals surface area contributed by atoms with Gasteiger partial charge in [0, 0.05) is 31.5 Å². The van der Waals surface area contributed by atoms with Gasteiger partial charge in [-0.15, -0.1) is 5.10 Å². The standard InChI is InChI=1S/C17H21FN6O2.C7H14O/c1-10-6-12(16(19)23-24(2)20)8-14(22-10)17(25)21-9-11-4-5-13(18)15(7-11)26-3;8-6-7-4-2-1-3-5-7/h4-8H,9,20H2,1-3H3,(H2,19,23)(H,21,25);7-8H,1-6H2. The lowest BCUT2D eigenvalue weighted by Crippen LogP contribution is -2.27. The van der Waals surface area contributed by atoms with E-state index in [4.69, 9.17) is 21.4 Å². The third-order valence-corrected chi connectivity index (χ3v) is 5.40. The van der Waals surface area contributed by atoms with Crippen LogP contribution in [-0.2, 0) is 6.54 Å². The van der Waals surface area contributed by atoms with Crippen LogP contribution in [0.4, 0.5) is 4.39 Å². The minimum absolute atomic E-state index is 0.114. The van der Waals surface area contributed by atoms with Gasteiger partial charge in [0.1, 0.15) is 5.69 Å². The van der Waals surface area contributed by atoms with Gasteiger partial charge in [-0.25, -0.2) is 20.3 Å². The molecule has 0 radical (unpaired) electrons. The van der Waals surface area contributed by atoms with Gasteiger partial charge in [-0.05, 0) is 55.5 Å². The minimum atomic E-state index is -0.466. The maximum absolute atomic E-state index is 13.4. The quantitative estimate of drug-likeness (QED) is 0.209. The van der Waals surface area contributed by atoms with Gasteiger partial charge in [0.25, 0.3) is 5.91 Å². The lowest BCUT2D eigenvalue weighted by atomic mass is 9.90. The van der Waals surface area contributed by atoms with Crippen LogP contribution in [0.1, 0.15) is 59.4 Å². The number of amidine groups is 1. The summed E-state index contributed by atoms with van der Waals surface area (Å²) >= 11 is 0. The summed E-state index contributed by atoms with van der Waals surface area (Å²) < 4.78 is 18.4. The van der Waals surface area contributed by atoms with Crippen LogP contribution in [0.2, 0.25) is 0 Å². The van der Waals surface area contributed by atoms with E-state index >= 15 is 0 Å². The molecule has 1 saturated carbocycles. The number of amides is 1. The number of nitrogens with one attached hydrogen (secondary N) is 1. The number of hydrogen-bond donors (Lipinski definition) is 4. The first kappa shape index (κ1) is 27.0. The number of aliphatic hydroxyl groups is 1. The van der Waals surface area contributed by atoms with E-state index in [2.05, 4.69) is 15.4 Å². The molecule has 9 nitrogen and oxygen atoms in total. The molecule has 10 heteroatoms. The Kier molecular flexibility index (Phi) is 10.7. The number of nitrogens with two attached hydrogens (primary N) is 2. The summed E-state index contributed by atoms with van der Waals surface area (Å²) in [6.45, 7) is 2.35. The SMILES string of the molecule is COc1cc(CNC(=O)c2cc(/C(N)=N/N(C)N)cc(C)n2)ccc1F.OCC1CCCCC1. The number of aryl methyl sites for hydroxylation is 1. The van der Waals surface area contributed by atoms with Crippen molar-refractivity contribution in [2.24, 2.45) is 22.6 Å². The zero-order valence-electron chi connectivity index (χ0n) is 20.1. The Morgan fingerprint density at radius 2 is 2.00 bits per heavy atom. The van der Waals surface area contributed by atoms with Gasteiger partial charge in [0.2, 0.25) is 0 Å². The molecule has 0 spiro atoms. The van der Waals surface area contributed by atoms with Crippen LogP contribution in [0, 0.1) is 18.7 Å². The smallest absolute Gasteiger partial charge is 0.270 e. The molecule has 1 aromatic heterocycles. The zero-order chi connectivity index (χ0) is 25.1. The van der Waals surface area contributed by atoms with Gasteiger partial charge in [-0.3, -0.25) is 4.79 Å². The van der Waals surface area contributed by atoms with Gasteiger partial charge in [0.15, 0.2) is 17.4 Å². The number of ether oxygens (including phenoxy) is 1. The molecule has 1 aliphatic carbocycles. The largest absolute Gasteiger partial charge is 0.494 e. The lowest BCUT2D eigenvalue weighted by Gasteiger charge is -2.18. The number of carbonyl (C=O) groups is 1. The molecule has 186 valence electrons. The highest BCUT2D eigenvalue weighted by Crippen LogP contribution is 2.22. The fourth-order valence-electron chi connectivity index (χ4n) is 3.62. The number of carbonyl (C=O) groups excluding carboxylic acids is 1. The van der Waals surface area contributed by atoms with Crippen LogP contribution in [-0.4, -0.2) is 47.7 Å². The molecule has 34 heavy (non-hydrogen) atoms. The molecule has 2 aromatic rings. The zero-order valence-corrected chi connectivity index (χ0v) is 20.1. The Bertz CT molecular complexity index is 977. The fourth-order valence-corrected chi connectivity index (χ4v) is 3.62. The topological polar surface area (TPSA) is 139 Å². The lowest BCUT2D eigenvalue weighted by molar-refractivity contribution is 0.0945. The Morgan fingerprint density at radius 1 is 1.29 bits per heavy atom. The molecule has 0 saturated heterocycles.